The SMILES string of the molecule is CCNCC(C)C(=O)N(CC(N)=O)C(C)C. The summed E-state index contributed by atoms with van der Waals surface area (Å²) in [5, 5.41) is 3.11. The van der Waals surface area contributed by atoms with Gasteiger partial charge in [0.05, 0.1) is 6.54 Å². The first-order valence-corrected chi connectivity index (χ1v) is 5.69. The number of nitrogens with zero attached hydrogens (tertiary/aromatic N) is 1. The van der Waals surface area contributed by atoms with Gasteiger partial charge in [0.1, 0.15) is 0 Å². The third-order valence-corrected chi connectivity index (χ3v) is 2.35. The average molecular weight is 229 g/mol. The van der Waals surface area contributed by atoms with E-state index in [1.807, 2.05) is 27.7 Å². The summed E-state index contributed by atoms with van der Waals surface area (Å²) in [4.78, 5) is 24.4. The molecule has 0 aromatic carbocycles. The highest BCUT2D eigenvalue weighted by Gasteiger charge is 2.23. The Morgan fingerprint density at radius 2 is 1.88 bits per heavy atom. The minimum Gasteiger partial charge on any atom is -0.368 e. The van der Waals surface area contributed by atoms with Gasteiger partial charge in [0.2, 0.25) is 11.8 Å². The van der Waals surface area contributed by atoms with Crippen LogP contribution in [0.4, 0.5) is 0 Å². The summed E-state index contributed by atoms with van der Waals surface area (Å²) in [5.41, 5.74) is 5.12. The molecule has 0 bridgehead atoms. The largest absolute Gasteiger partial charge is 0.368 e. The zero-order valence-electron chi connectivity index (χ0n) is 10.6. The van der Waals surface area contributed by atoms with Gasteiger partial charge in [0.25, 0.3) is 0 Å². The van der Waals surface area contributed by atoms with Gasteiger partial charge in [-0.15, -0.1) is 0 Å². The Labute approximate surface area is 97.4 Å². The van der Waals surface area contributed by atoms with Gasteiger partial charge in [-0.05, 0) is 20.4 Å². The number of amides is 2. The van der Waals surface area contributed by atoms with E-state index in [0.29, 0.717) is 6.54 Å². The molecule has 0 saturated heterocycles. The Balaban J connectivity index is 4.42. The van der Waals surface area contributed by atoms with Crippen LogP contribution in [0.25, 0.3) is 0 Å². The molecule has 0 aliphatic heterocycles. The topological polar surface area (TPSA) is 75.4 Å². The van der Waals surface area contributed by atoms with Gasteiger partial charge >= 0.3 is 0 Å². The molecule has 2 amide bonds. The predicted molar refractivity (Wildman–Crippen MR) is 63.8 cm³/mol. The molecule has 0 aliphatic rings. The molecule has 0 heterocycles. The van der Waals surface area contributed by atoms with E-state index in [0.717, 1.165) is 6.54 Å². The highest BCUT2D eigenvalue weighted by molar-refractivity contribution is 5.85. The number of primary amides is 1. The third kappa shape index (κ3) is 5.11. The first kappa shape index (κ1) is 14.9. The summed E-state index contributed by atoms with van der Waals surface area (Å²) in [6.45, 7) is 9.03. The van der Waals surface area contributed by atoms with Gasteiger partial charge in [-0.25, -0.2) is 0 Å². The highest BCUT2D eigenvalue weighted by atomic mass is 16.2. The summed E-state index contributed by atoms with van der Waals surface area (Å²) in [7, 11) is 0. The lowest BCUT2D eigenvalue weighted by Crippen LogP contribution is -2.46. The Morgan fingerprint density at radius 1 is 1.31 bits per heavy atom. The van der Waals surface area contributed by atoms with Crippen LogP contribution in [0.15, 0.2) is 0 Å². The number of nitrogens with two attached hydrogens (primary N) is 1. The quantitative estimate of drug-likeness (QED) is 0.643. The van der Waals surface area contributed by atoms with Crippen LogP contribution in [0.5, 0.6) is 0 Å². The molecule has 0 fully saturated rings. The summed E-state index contributed by atoms with van der Waals surface area (Å²) in [6, 6.07) is -0.0101. The smallest absolute Gasteiger partial charge is 0.237 e. The molecule has 1 unspecified atom stereocenters. The first-order valence-electron chi connectivity index (χ1n) is 5.69. The minimum absolute atomic E-state index is 0.00698. The lowest BCUT2D eigenvalue weighted by atomic mass is 10.1. The van der Waals surface area contributed by atoms with Crippen molar-refractivity contribution in [3.8, 4) is 0 Å². The molecule has 0 rings (SSSR count). The number of carbonyl (C=O) groups is 2. The summed E-state index contributed by atoms with van der Waals surface area (Å²) in [6.07, 6.45) is 0. The molecule has 94 valence electrons. The van der Waals surface area contributed by atoms with Crippen molar-refractivity contribution < 1.29 is 9.59 Å². The maximum atomic E-state index is 12.0. The van der Waals surface area contributed by atoms with Crippen LogP contribution in [0.2, 0.25) is 0 Å². The Kier molecular flexibility index (Phi) is 6.72. The van der Waals surface area contributed by atoms with E-state index < -0.39 is 5.91 Å². The van der Waals surface area contributed by atoms with Gasteiger partial charge in [-0.1, -0.05) is 13.8 Å². The normalized spacial score (nSPS) is 12.6. The maximum Gasteiger partial charge on any atom is 0.237 e. The van der Waals surface area contributed by atoms with Crippen molar-refractivity contribution in [1.82, 2.24) is 10.2 Å². The molecule has 5 heteroatoms. The number of nitrogens with one attached hydrogen (secondary N) is 1. The molecule has 3 N–H and O–H groups in total. The summed E-state index contributed by atoms with van der Waals surface area (Å²) >= 11 is 0. The molecule has 5 nitrogen and oxygen atoms in total. The Bertz CT molecular complexity index is 241. The lowest BCUT2D eigenvalue weighted by molar-refractivity contribution is -0.140. The van der Waals surface area contributed by atoms with Crippen LogP contribution in [0.3, 0.4) is 0 Å². The second kappa shape index (κ2) is 7.22. The first-order chi connectivity index (χ1) is 7.40. The fourth-order valence-corrected chi connectivity index (χ4v) is 1.41. The van der Waals surface area contributed by atoms with E-state index in [4.69, 9.17) is 5.73 Å². The summed E-state index contributed by atoms with van der Waals surface area (Å²) in [5.74, 6) is -0.644. The monoisotopic (exact) mass is 229 g/mol. The molecule has 1 atom stereocenters. The van der Waals surface area contributed by atoms with Gasteiger partial charge in [-0.2, -0.15) is 0 Å². The minimum atomic E-state index is -0.474. The van der Waals surface area contributed by atoms with Crippen molar-refractivity contribution in [3.05, 3.63) is 0 Å². The third-order valence-electron chi connectivity index (χ3n) is 2.35. The average Bonchev–Trinajstić information content (AvgIpc) is 2.20. The van der Waals surface area contributed by atoms with E-state index in [1.54, 1.807) is 0 Å². The van der Waals surface area contributed by atoms with Crippen LogP contribution in [0, 0.1) is 5.92 Å². The van der Waals surface area contributed by atoms with E-state index in [1.165, 1.54) is 4.90 Å². The molecule has 0 spiro atoms. The van der Waals surface area contributed by atoms with E-state index in [2.05, 4.69) is 5.32 Å². The molecule has 16 heavy (non-hydrogen) atoms. The van der Waals surface area contributed by atoms with Crippen molar-refractivity contribution in [2.75, 3.05) is 19.6 Å². The van der Waals surface area contributed by atoms with Crippen LogP contribution >= 0.6 is 0 Å². The zero-order valence-corrected chi connectivity index (χ0v) is 10.6. The van der Waals surface area contributed by atoms with Gasteiger partial charge in [0.15, 0.2) is 0 Å². The fraction of sp³-hybridized carbons (Fsp3) is 0.818. The second-order valence-corrected chi connectivity index (χ2v) is 4.23. The second-order valence-electron chi connectivity index (χ2n) is 4.23. The molecule has 0 radical (unpaired) electrons. The van der Waals surface area contributed by atoms with E-state index in [9.17, 15) is 9.59 Å². The molecule has 0 aliphatic carbocycles. The van der Waals surface area contributed by atoms with Crippen LogP contribution in [0.1, 0.15) is 27.7 Å². The zero-order chi connectivity index (χ0) is 12.7. The van der Waals surface area contributed by atoms with Crippen molar-refractivity contribution >= 4 is 11.8 Å². The highest BCUT2D eigenvalue weighted by Crippen LogP contribution is 2.06. The molecular formula is C11H23N3O2. The molecule has 0 aromatic heterocycles. The van der Waals surface area contributed by atoms with Crippen molar-refractivity contribution in [2.45, 2.75) is 33.7 Å². The number of hydrogen-bond acceptors (Lipinski definition) is 3. The Morgan fingerprint density at radius 3 is 2.25 bits per heavy atom. The molecule has 0 saturated carbocycles. The standard InChI is InChI=1S/C11H23N3O2/c1-5-13-6-9(4)11(16)14(8(2)3)7-10(12)15/h8-9,13H,5-7H2,1-4H3,(H2,12,15). The predicted octanol–water partition coefficient (Wildman–Crippen LogP) is -0.0457. The fourth-order valence-electron chi connectivity index (χ4n) is 1.41. The Hall–Kier alpha value is -1.10. The number of hydrogen-bond donors (Lipinski definition) is 2. The summed E-state index contributed by atoms with van der Waals surface area (Å²) < 4.78 is 0. The number of carbonyl (C=O) groups excluding carboxylic acids is 2. The lowest BCUT2D eigenvalue weighted by Gasteiger charge is -2.28. The van der Waals surface area contributed by atoms with Crippen molar-refractivity contribution in [2.24, 2.45) is 11.7 Å². The number of rotatable bonds is 7. The van der Waals surface area contributed by atoms with Crippen LogP contribution in [-0.2, 0) is 9.59 Å². The van der Waals surface area contributed by atoms with Crippen LogP contribution in [-0.4, -0.2) is 42.4 Å². The van der Waals surface area contributed by atoms with Gasteiger partial charge < -0.3 is 16.0 Å². The van der Waals surface area contributed by atoms with Gasteiger partial charge in [0, 0.05) is 18.5 Å². The van der Waals surface area contributed by atoms with E-state index >= 15 is 0 Å². The maximum absolute atomic E-state index is 12.0. The van der Waals surface area contributed by atoms with Crippen molar-refractivity contribution in [3.63, 3.8) is 0 Å². The van der Waals surface area contributed by atoms with E-state index in [-0.39, 0.29) is 24.4 Å². The van der Waals surface area contributed by atoms with Crippen molar-refractivity contribution in [1.29, 1.82) is 0 Å². The molecule has 0 aromatic rings. The van der Waals surface area contributed by atoms with Crippen LogP contribution < -0.4 is 11.1 Å². The molecular weight excluding hydrogens is 206 g/mol. The van der Waals surface area contributed by atoms with Gasteiger partial charge in [-0.3, -0.25) is 9.59 Å².